The fraction of sp³-hybridized carbons (Fsp3) is 0.167. The highest BCUT2D eigenvalue weighted by Gasteiger charge is 2.30. The van der Waals surface area contributed by atoms with E-state index in [9.17, 15) is 18.0 Å². The van der Waals surface area contributed by atoms with Crippen molar-refractivity contribution in [2.45, 2.75) is 6.18 Å². The van der Waals surface area contributed by atoms with Crippen molar-refractivity contribution < 1.29 is 22.7 Å². The van der Waals surface area contributed by atoms with Gasteiger partial charge in [-0.3, -0.25) is 0 Å². The molecule has 0 aliphatic rings. The lowest BCUT2D eigenvalue weighted by Crippen LogP contribution is -2.10. The number of nitrogens with zero attached hydrogens (tertiary/aromatic N) is 1. The molecular formula is C18H14ClF3N2O2. The van der Waals surface area contributed by atoms with Gasteiger partial charge in [-0.15, -0.1) is 0 Å². The van der Waals surface area contributed by atoms with Crippen LogP contribution in [0, 0.1) is 0 Å². The molecule has 1 N–H and O–H groups in total. The Kier molecular flexibility index (Phi) is 4.58. The number of methoxy groups -OCH3 is 1. The minimum absolute atomic E-state index is 0.183. The number of halogens is 4. The Hall–Kier alpha value is -2.67. The molecule has 2 aromatic carbocycles. The van der Waals surface area contributed by atoms with Crippen LogP contribution in [0.1, 0.15) is 16.1 Å². The summed E-state index contributed by atoms with van der Waals surface area (Å²) in [4.78, 5) is 12.2. The Bertz CT molecular complexity index is 996. The molecule has 26 heavy (non-hydrogen) atoms. The van der Waals surface area contributed by atoms with E-state index < -0.39 is 17.7 Å². The van der Waals surface area contributed by atoms with Gasteiger partial charge >= 0.3 is 12.1 Å². The number of aryl methyl sites for hydroxylation is 1. The predicted octanol–water partition coefficient (Wildman–Crippen LogP) is 5.38. The van der Waals surface area contributed by atoms with Gasteiger partial charge in [-0.25, -0.2) is 4.79 Å². The van der Waals surface area contributed by atoms with Crippen LogP contribution in [0.25, 0.3) is 10.9 Å². The lowest BCUT2D eigenvalue weighted by Gasteiger charge is -2.12. The van der Waals surface area contributed by atoms with Crippen LogP contribution in [0.4, 0.5) is 24.5 Å². The van der Waals surface area contributed by atoms with Gasteiger partial charge in [0.15, 0.2) is 5.69 Å². The third-order valence-electron chi connectivity index (χ3n) is 4.00. The van der Waals surface area contributed by atoms with Gasteiger partial charge in [0.25, 0.3) is 0 Å². The first-order chi connectivity index (χ1) is 12.2. The number of anilines is 2. The Morgan fingerprint density at radius 2 is 1.92 bits per heavy atom. The second-order valence-corrected chi connectivity index (χ2v) is 6.08. The van der Waals surface area contributed by atoms with Crippen molar-refractivity contribution in [1.29, 1.82) is 0 Å². The van der Waals surface area contributed by atoms with Gasteiger partial charge in [0.05, 0.1) is 23.9 Å². The van der Waals surface area contributed by atoms with Gasteiger partial charge in [0.1, 0.15) is 0 Å². The largest absolute Gasteiger partial charge is 0.464 e. The number of rotatable bonds is 3. The molecule has 136 valence electrons. The monoisotopic (exact) mass is 382 g/mol. The molecule has 0 unspecified atom stereocenters. The van der Waals surface area contributed by atoms with Crippen molar-refractivity contribution in [2.24, 2.45) is 7.05 Å². The van der Waals surface area contributed by atoms with E-state index in [-0.39, 0.29) is 11.4 Å². The second-order valence-electron chi connectivity index (χ2n) is 5.64. The van der Waals surface area contributed by atoms with Gasteiger partial charge in [-0.05, 0) is 36.4 Å². The first-order valence-electron chi connectivity index (χ1n) is 7.53. The number of alkyl halides is 3. The molecule has 1 aromatic heterocycles. The van der Waals surface area contributed by atoms with Crippen LogP contribution in [0.15, 0.2) is 42.5 Å². The van der Waals surface area contributed by atoms with Crippen molar-refractivity contribution in [3.63, 3.8) is 0 Å². The highest BCUT2D eigenvalue weighted by molar-refractivity contribution is 6.31. The third-order valence-corrected chi connectivity index (χ3v) is 4.23. The topological polar surface area (TPSA) is 43.3 Å². The van der Waals surface area contributed by atoms with E-state index in [0.29, 0.717) is 21.6 Å². The van der Waals surface area contributed by atoms with E-state index in [2.05, 4.69) is 5.32 Å². The summed E-state index contributed by atoms with van der Waals surface area (Å²) >= 11 is 6.05. The first-order valence-corrected chi connectivity index (χ1v) is 7.90. The minimum Gasteiger partial charge on any atom is -0.464 e. The van der Waals surface area contributed by atoms with Gasteiger partial charge in [0, 0.05) is 23.1 Å². The SMILES string of the molecule is COC(=O)c1c(Nc2cccc(C(F)(F)F)c2)c2cc(Cl)ccc2n1C. The molecule has 0 amide bonds. The molecule has 8 heteroatoms. The van der Waals surface area contributed by atoms with Crippen molar-refractivity contribution in [2.75, 3.05) is 12.4 Å². The normalized spacial score (nSPS) is 11.6. The van der Waals surface area contributed by atoms with Crippen LogP contribution in [0.5, 0.6) is 0 Å². The molecule has 0 saturated carbocycles. The average molecular weight is 383 g/mol. The smallest absolute Gasteiger partial charge is 0.416 e. The fourth-order valence-corrected chi connectivity index (χ4v) is 2.97. The molecule has 0 saturated heterocycles. The molecule has 0 spiro atoms. The van der Waals surface area contributed by atoms with Gasteiger partial charge < -0.3 is 14.6 Å². The van der Waals surface area contributed by atoms with Crippen LogP contribution >= 0.6 is 11.6 Å². The summed E-state index contributed by atoms with van der Waals surface area (Å²) in [5, 5.41) is 3.94. The number of aromatic nitrogens is 1. The Morgan fingerprint density at radius 3 is 2.58 bits per heavy atom. The number of ether oxygens (including phenoxy) is 1. The summed E-state index contributed by atoms with van der Waals surface area (Å²) in [5.74, 6) is -0.616. The number of benzene rings is 2. The number of carbonyl (C=O) groups is 1. The molecule has 3 aromatic rings. The quantitative estimate of drug-likeness (QED) is 0.618. The van der Waals surface area contributed by atoms with Gasteiger partial charge in [-0.1, -0.05) is 17.7 Å². The lowest BCUT2D eigenvalue weighted by atomic mass is 10.1. The molecule has 0 aliphatic heterocycles. The number of esters is 1. The minimum atomic E-state index is -4.47. The molecule has 1 heterocycles. The molecule has 0 radical (unpaired) electrons. The summed E-state index contributed by atoms with van der Waals surface area (Å²) in [6, 6.07) is 9.76. The number of hydrogen-bond donors (Lipinski definition) is 1. The van der Waals surface area contributed by atoms with Crippen molar-refractivity contribution in [3.8, 4) is 0 Å². The number of carbonyl (C=O) groups excluding carboxylic acids is 1. The van der Waals surface area contributed by atoms with Crippen molar-refractivity contribution in [3.05, 3.63) is 58.7 Å². The lowest BCUT2D eigenvalue weighted by molar-refractivity contribution is -0.137. The van der Waals surface area contributed by atoms with Crippen molar-refractivity contribution in [1.82, 2.24) is 4.57 Å². The van der Waals surface area contributed by atoms with E-state index in [0.717, 1.165) is 12.1 Å². The molecule has 0 bridgehead atoms. The third kappa shape index (κ3) is 3.22. The summed E-state index contributed by atoms with van der Waals surface area (Å²) in [7, 11) is 2.90. The zero-order valence-corrected chi connectivity index (χ0v) is 14.6. The van der Waals surface area contributed by atoms with Crippen LogP contribution in [-0.2, 0) is 18.0 Å². The van der Waals surface area contributed by atoms with E-state index in [4.69, 9.17) is 16.3 Å². The maximum absolute atomic E-state index is 13.0. The van der Waals surface area contributed by atoms with E-state index in [1.165, 1.54) is 19.2 Å². The highest BCUT2D eigenvalue weighted by Crippen LogP contribution is 2.36. The zero-order chi connectivity index (χ0) is 19.1. The maximum atomic E-state index is 13.0. The Morgan fingerprint density at radius 1 is 1.19 bits per heavy atom. The molecule has 0 fully saturated rings. The summed E-state index contributed by atoms with van der Waals surface area (Å²) in [5.41, 5.74) is 0.598. The van der Waals surface area contributed by atoms with E-state index in [1.54, 1.807) is 29.8 Å². The van der Waals surface area contributed by atoms with Crippen LogP contribution in [-0.4, -0.2) is 17.6 Å². The molecule has 3 rings (SSSR count). The summed E-state index contributed by atoms with van der Waals surface area (Å²) < 4.78 is 45.3. The summed E-state index contributed by atoms with van der Waals surface area (Å²) in [6.07, 6.45) is -4.47. The molecule has 0 atom stereocenters. The van der Waals surface area contributed by atoms with Gasteiger partial charge in [0.2, 0.25) is 0 Å². The predicted molar refractivity (Wildman–Crippen MR) is 94.0 cm³/mol. The highest BCUT2D eigenvalue weighted by atomic mass is 35.5. The number of hydrogen-bond acceptors (Lipinski definition) is 3. The van der Waals surface area contributed by atoms with Gasteiger partial charge in [-0.2, -0.15) is 13.2 Å². The Balaban J connectivity index is 2.18. The molecule has 4 nitrogen and oxygen atoms in total. The zero-order valence-electron chi connectivity index (χ0n) is 13.8. The average Bonchev–Trinajstić information content (AvgIpc) is 2.85. The van der Waals surface area contributed by atoms with Crippen molar-refractivity contribution >= 4 is 39.8 Å². The molecule has 0 aliphatic carbocycles. The van der Waals surface area contributed by atoms with Crippen LogP contribution in [0.2, 0.25) is 5.02 Å². The van der Waals surface area contributed by atoms with Crippen LogP contribution < -0.4 is 5.32 Å². The van der Waals surface area contributed by atoms with E-state index in [1.807, 2.05) is 0 Å². The maximum Gasteiger partial charge on any atom is 0.416 e. The number of fused-ring (bicyclic) bond motifs is 1. The Labute approximate surface area is 152 Å². The standard InChI is InChI=1S/C18H14ClF3N2O2/c1-24-14-7-6-11(19)9-13(14)15(16(24)17(25)26-2)23-12-5-3-4-10(8-12)18(20,21)22/h3-9,23H,1-2H3. The van der Waals surface area contributed by atoms with E-state index >= 15 is 0 Å². The number of nitrogens with one attached hydrogen (secondary N) is 1. The fourth-order valence-electron chi connectivity index (χ4n) is 2.80. The molecular weight excluding hydrogens is 369 g/mol. The first kappa shape index (κ1) is 18.1. The second kappa shape index (κ2) is 6.57. The summed E-state index contributed by atoms with van der Waals surface area (Å²) in [6.45, 7) is 0. The van der Waals surface area contributed by atoms with Crippen LogP contribution in [0.3, 0.4) is 0 Å².